The molecule has 8 heteroatoms. The highest BCUT2D eigenvalue weighted by Gasteiger charge is 2.36. The second kappa shape index (κ2) is 8.94. The van der Waals surface area contributed by atoms with Crippen LogP contribution in [0.25, 0.3) is 0 Å². The highest BCUT2D eigenvalue weighted by atomic mass is 19.1. The Morgan fingerprint density at radius 1 is 1.26 bits per heavy atom. The van der Waals surface area contributed by atoms with Gasteiger partial charge in [-0.25, -0.2) is 4.39 Å². The van der Waals surface area contributed by atoms with E-state index in [4.69, 9.17) is 9.84 Å². The van der Waals surface area contributed by atoms with Crippen molar-refractivity contribution in [1.29, 1.82) is 0 Å². The molecule has 1 saturated heterocycles. The van der Waals surface area contributed by atoms with Gasteiger partial charge < -0.3 is 20.5 Å². The summed E-state index contributed by atoms with van der Waals surface area (Å²) in [6.07, 6.45) is 0.781. The largest absolute Gasteiger partial charge is 0.481 e. The van der Waals surface area contributed by atoms with E-state index < -0.39 is 23.2 Å². The number of benzene rings is 1. The van der Waals surface area contributed by atoms with Crippen molar-refractivity contribution in [3.05, 3.63) is 29.6 Å². The average Bonchev–Trinajstić information content (AvgIpc) is 2.55. The molecule has 1 aliphatic rings. The fraction of sp³-hybridized carbons (Fsp3) is 0.526. The Labute approximate surface area is 157 Å². The van der Waals surface area contributed by atoms with Gasteiger partial charge in [-0.3, -0.25) is 14.4 Å². The number of rotatable bonds is 7. The standard InChI is InChI=1S/C19H25FN2O5/c1-12(2)9-16(23)21-15-4-3-13(10-14(15)20)18(26)22-19(11-17(24)25)5-7-27-8-6-19/h3-4,10,12H,5-9,11H2,1-2H3,(H,21,23)(H,22,26)(H,24,25). The van der Waals surface area contributed by atoms with Crippen LogP contribution >= 0.6 is 0 Å². The van der Waals surface area contributed by atoms with E-state index in [9.17, 15) is 18.8 Å². The lowest BCUT2D eigenvalue weighted by Crippen LogP contribution is -2.53. The van der Waals surface area contributed by atoms with Gasteiger partial charge in [-0.15, -0.1) is 0 Å². The van der Waals surface area contributed by atoms with Crippen LogP contribution in [0, 0.1) is 11.7 Å². The normalized spacial score (nSPS) is 16.0. The first-order valence-corrected chi connectivity index (χ1v) is 8.92. The molecule has 3 N–H and O–H groups in total. The van der Waals surface area contributed by atoms with Crippen LogP contribution in [-0.2, 0) is 14.3 Å². The molecule has 1 heterocycles. The van der Waals surface area contributed by atoms with Gasteiger partial charge in [0, 0.05) is 25.2 Å². The van der Waals surface area contributed by atoms with Gasteiger partial charge in [0.05, 0.1) is 17.6 Å². The number of amides is 2. The predicted octanol–water partition coefficient (Wildman–Crippen LogP) is 2.56. The van der Waals surface area contributed by atoms with Crippen LogP contribution < -0.4 is 10.6 Å². The molecule has 0 saturated carbocycles. The maximum absolute atomic E-state index is 14.3. The number of carbonyl (C=O) groups excluding carboxylic acids is 2. The lowest BCUT2D eigenvalue weighted by atomic mass is 9.86. The number of nitrogens with one attached hydrogen (secondary N) is 2. The Morgan fingerprint density at radius 3 is 2.48 bits per heavy atom. The first-order valence-electron chi connectivity index (χ1n) is 8.92. The van der Waals surface area contributed by atoms with Gasteiger partial charge in [0.15, 0.2) is 0 Å². The number of carbonyl (C=O) groups is 3. The molecule has 7 nitrogen and oxygen atoms in total. The first-order chi connectivity index (χ1) is 12.7. The fourth-order valence-electron chi connectivity index (χ4n) is 3.04. The van der Waals surface area contributed by atoms with Crippen LogP contribution in [0.4, 0.5) is 10.1 Å². The van der Waals surface area contributed by atoms with Crippen LogP contribution in [0.1, 0.15) is 49.9 Å². The molecule has 0 aliphatic carbocycles. The molecule has 0 spiro atoms. The van der Waals surface area contributed by atoms with Crippen molar-refractivity contribution in [2.24, 2.45) is 5.92 Å². The summed E-state index contributed by atoms with van der Waals surface area (Å²) in [5.74, 6) is -2.46. The van der Waals surface area contributed by atoms with Crippen molar-refractivity contribution in [3.63, 3.8) is 0 Å². The van der Waals surface area contributed by atoms with Gasteiger partial charge in [0.2, 0.25) is 5.91 Å². The number of hydrogen-bond acceptors (Lipinski definition) is 4. The molecular weight excluding hydrogens is 355 g/mol. The van der Waals surface area contributed by atoms with Gasteiger partial charge in [0.1, 0.15) is 5.82 Å². The molecule has 1 aromatic carbocycles. The van der Waals surface area contributed by atoms with E-state index in [1.165, 1.54) is 12.1 Å². The first kappa shape index (κ1) is 20.8. The molecule has 0 bridgehead atoms. The molecule has 1 aliphatic heterocycles. The Kier molecular flexibility index (Phi) is 6.90. The topological polar surface area (TPSA) is 105 Å². The monoisotopic (exact) mass is 380 g/mol. The van der Waals surface area contributed by atoms with Crippen molar-refractivity contribution >= 4 is 23.5 Å². The summed E-state index contributed by atoms with van der Waals surface area (Å²) in [5, 5.41) is 14.4. The zero-order valence-electron chi connectivity index (χ0n) is 15.5. The summed E-state index contributed by atoms with van der Waals surface area (Å²) in [4.78, 5) is 35.5. The fourth-order valence-corrected chi connectivity index (χ4v) is 3.04. The van der Waals surface area contributed by atoms with Crippen LogP contribution in [0.3, 0.4) is 0 Å². The predicted molar refractivity (Wildman–Crippen MR) is 97.0 cm³/mol. The van der Waals surface area contributed by atoms with Gasteiger partial charge in [0.25, 0.3) is 5.91 Å². The molecule has 148 valence electrons. The highest BCUT2D eigenvalue weighted by Crippen LogP contribution is 2.26. The SMILES string of the molecule is CC(C)CC(=O)Nc1ccc(C(=O)NC2(CC(=O)O)CCOCC2)cc1F. The molecule has 0 aromatic heterocycles. The van der Waals surface area contributed by atoms with E-state index in [0.29, 0.717) is 26.1 Å². The molecule has 2 amide bonds. The molecule has 0 radical (unpaired) electrons. The van der Waals surface area contributed by atoms with Crippen LogP contribution in [0.2, 0.25) is 0 Å². The summed E-state index contributed by atoms with van der Waals surface area (Å²) >= 11 is 0. The molecule has 2 rings (SSSR count). The van der Waals surface area contributed by atoms with Crippen molar-refractivity contribution in [2.75, 3.05) is 18.5 Å². The Balaban J connectivity index is 2.10. The van der Waals surface area contributed by atoms with Crippen molar-refractivity contribution in [3.8, 4) is 0 Å². The average molecular weight is 380 g/mol. The smallest absolute Gasteiger partial charge is 0.305 e. The van der Waals surface area contributed by atoms with Gasteiger partial charge in [-0.1, -0.05) is 13.8 Å². The second-order valence-electron chi connectivity index (χ2n) is 7.26. The maximum atomic E-state index is 14.3. The highest BCUT2D eigenvalue weighted by molar-refractivity contribution is 5.96. The Bertz CT molecular complexity index is 714. The number of aliphatic carboxylic acids is 1. The third-order valence-corrected chi connectivity index (χ3v) is 4.42. The van der Waals surface area contributed by atoms with E-state index >= 15 is 0 Å². The summed E-state index contributed by atoms with van der Waals surface area (Å²) in [5.41, 5.74) is -0.851. The van der Waals surface area contributed by atoms with Crippen molar-refractivity contribution < 1.29 is 28.6 Å². The summed E-state index contributed by atoms with van der Waals surface area (Å²) in [6.45, 7) is 4.46. The van der Waals surface area contributed by atoms with Crippen molar-refractivity contribution in [1.82, 2.24) is 5.32 Å². The Hall–Kier alpha value is -2.48. The molecule has 1 aromatic rings. The number of anilines is 1. The number of hydrogen-bond donors (Lipinski definition) is 3. The van der Waals surface area contributed by atoms with Gasteiger partial charge >= 0.3 is 5.97 Å². The van der Waals surface area contributed by atoms with Crippen molar-refractivity contribution in [2.45, 2.75) is 45.1 Å². The molecule has 1 fully saturated rings. The summed E-state index contributed by atoms with van der Waals surface area (Å²) in [6, 6.07) is 3.77. The van der Waals surface area contributed by atoms with E-state index in [-0.39, 0.29) is 35.9 Å². The molecule has 27 heavy (non-hydrogen) atoms. The van der Waals surface area contributed by atoms with E-state index in [1.54, 1.807) is 0 Å². The minimum Gasteiger partial charge on any atom is -0.481 e. The third-order valence-electron chi connectivity index (χ3n) is 4.42. The lowest BCUT2D eigenvalue weighted by Gasteiger charge is -2.36. The van der Waals surface area contributed by atoms with Gasteiger partial charge in [-0.05, 0) is 37.0 Å². The van der Waals surface area contributed by atoms with E-state index in [0.717, 1.165) is 6.07 Å². The summed E-state index contributed by atoms with van der Waals surface area (Å²) in [7, 11) is 0. The zero-order valence-corrected chi connectivity index (χ0v) is 15.5. The molecule has 0 atom stereocenters. The van der Waals surface area contributed by atoms with Crippen LogP contribution in [-0.4, -0.2) is 41.6 Å². The zero-order chi connectivity index (χ0) is 20.0. The van der Waals surface area contributed by atoms with E-state index in [2.05, 4.69) is 10.6 Å². The van der Waals surface area contributed by atoms with E-state index in [1.807, 2.05) is 13.8 Å². The molecule has 0 unspecified atom stereocenters. The summed E-state index contributed by atoms with van der Waals surface area (Å²) < 4.78 is 19.5. The quantitative estimate of drug-likeness (QED) is 0.674. The third kappa shape index (κ3) is 6.02. The van der Waals surface area contributed by atoms with Gasteiger partial charge in [-0.2, -0.15) is 0 Å². The number of ether oxygens (including phenoxy) is 1. The maximum Gasteiger partial charge on any atom is 0.305 e. The second-order valence-corrected chi connectivity index (χ2v) is 7.26. The number of carboxylic acid groups (broad SMARTS) is 1. The van der Waals surface area contributed by atoms with Crippen LogP contribution in [0.15, 0.2) is 18.2 Å². The van der Waals surface area contributed by atoms with Crippen LogP contribution in [0.5, 0.6) is 0 Å². The minimum atomic E-state index is -1.02. The molecular formula is C19H25FN2O5. The number of halogens is 1. The number of carboxylic acids is 1. The Morgan fingerprint density at radius 2 is 1.93 bits per heavy atom. The minimum absolute atomic E-state index is 0.00326. The lowest BCUT2D eigenvalue weighted by molar-refractivity contribution is -0.139.